The van der Waals surface area contributed by atoms with Crippen LogP contribution in [0.3, 0.4) is 0 Å². The summed E-state index contributed by atoms with van der Waals surface area (Å²) in [5.74, 6) is -0.709. The first-order chi connectivity index (χ1) is 11.0. The lowest BCUT2D eigenvalue weighted by Gasteiger charge is -2.18. The first kappa shape index (κ1) is 17.7. The summed E-state index contributed by atoms with van der Waals surface area (Å²) in [6, 6.07) is 5.32. The molecule has 2 rings (SSSR count). The summed E-state index contributed by atoms with van der Waals surface area (Å²) >= 11 is 3.39. The second-order valence-corrected chi connectivity index (χ2v) is 6.76. The number of halogens is 1. The molecule has 1 aromatic rings. The van der Waals surface area contributed by atoms with Crippen LogP contribution in [-0.2, 0) is 4.79 Å². The number of rotatable bonds is 7. The lowest BCUT2D eigenvalue weighted by Crippen LogP contribution is -2.37. The number of carbonyl (C=O) groups excluding carboxylic acids is 2. The summed E-state index contributed by atoms with van der Waals surface area (Å²) < 4.78 is 0.841. The number of amides is 2. The van der Waals surface area contributed by atoms with Crippen molar-refractivity contribution in [2.24, 2.45) is 0 Å². The Hall–Kier alpha value is -1.66. The van der Waals surface area contributed by atoms with Crippen molar-refractivity contribution in [1.29, 1.82) is 0 Å². The topological polar surface area (TPSA) is 61.4 Å². The highest BCUT2D eigenvalue weighted by atomic mass is 79.9. The molecule has 124 valence electrons. The minimum Gasteiger partial charge on any atom is -0.390 e. The average molecular weight is 380 g/mol. The molecule has 0 aliphatic carbocycles. The first-order valence-electron chi connectivity index (χ1n) is 7.73. The van der Waals surface area contributed by atoms with Crippen LogP contribution in [0.4, 0.5) is 0 Å². The SMILES string of the molecule is CN(C)CCCCCNC=C1C(=O)NC(=O)c2ccc(Br)cc21. The predicted molar refractivity (Wildman–Crippen MR) is 95.0 cm³/mol. The monoisotopic (exact) mass is 379 g/mol. The summed E-state index contributed by atoms with van der Waals surface area (Å²) in [4.78, 5) is 26.1. The van der Waals surface area contributed by atoms with Crippen LogP contribution in [0.25, 0.3) is 5.57 Å². The van der Waals surface area contributed by atoms with E-state index in [9.17, 15) is 9.59 Å². The number of benzene rings is 1. The molecule has 0 aromatic heterocycles. The number of hydrogen-bond donors (Lipinski definition) is 2. The van der Waals surface area contributed by atoms with Gasteiger partial charge < -0.3 is 10.2 Å². The van der Waals surface area contributed by atoms with Crippen molar-refractivity contribution in [2.75, 3.05) is 27.2 Å². The fourth-order valence-corrected chi connectivity index (χ4v) is 2.81. The molecule has 23 heavy (non-hydrogen) atoms. The second-order valence-electron chi connectivity index (χ2n) is 5.85. The van der Waals surface area contributed by atoms with Gasteiger partial charge in [-0.3, -0.25) is 14.9 Å². The molecule has 0 fully saturated rings. The van der Waals surface area contributed by atoms with E-state index in [1.54, 1.807) is 24.4 Å². The maximum Gasteiger partial charge on any atom is 0.260 e. The van der Waals surface area contributed by atoms with Crippen LogP contribution < -0.4 is 10.6 Å². The Balaban J connectivity index is 1.96. The number of hydrogen-bond acceptors (Lipinski definition) is 4. The molecule has 0 atom stereocenters. The fourth-order valence-electron chi connectivity index (χ4n) is 2.45. The smallest absolute Gasteiger partial charge is 0.260 e. The van der Waals surface area contributed by atoms with Gasteiger partial charge in [-0.05, 0) is 51.7 Å². The minimum absolute atomic E-state index is 0.349. The highest BCUT2D eigenvalue weighted by Crippen LogP contribution is 2.26. The van der Waals surface area contributed by atoms with Gasteiger partial charge in [0.2, 0.25) is 0 Å². The average Bonchev–Trinajstić information content (AvgIpc) is 2.48. The highest BCUT2D eigenvalue weighted by molar-refractivity contribution is 9.10. The Morgan fingerprint density at radius 3 is 2.65 bits per heavy atom. The molecule has 1 heterocycles. The number of carbonyl (C=O) groups is 2. The molecular weight excluding hydrogens is 358 g/mol. The van der Waals surface area contributed by atoms with Crippen LogP contribution in [0.5, 0.6) is 0 Å². The fraction of sp³-hybridized carbons (Fsp3) is 0.412. The maximum atomic E-state index is 12.1. The van der Waals surface area contributed by atoms with E-state index in [4.69, 9.17) is 0 Å². The Labute approximate surface area is 145 Å². The van der Waals surface area contributed by atoms with Crippen molar-refractivity contribution >= 4 is 33.3 Å². The van der Waals surface area contributed by atoms with Gasteiger partial charge in [-0.15, -0.1) is 0 Å². The van der Waals surface area contributed by atoms with E-state index in [0.717, 1.165) is 36.8 Å². The van der Waals surface area contributed by atoms with Crippen LogP contribution in [0, 0.1) is 0 Å². The van der Waals surface area contributed by atoms with Gasteiger partial charge in [0, 0.05) is 28.3 Å². The molecule has 5 nitrogen and oxygen atoms in total. The van der Waals surface area contributed by atoms with Crippen molar-refractivity contribution in [3.8, 4) is 0 Å². The molecule has 1 aromatic carbocycles. The number of fused-ring (bicyclic) bond motifs is 1. The third-order valence-corrected chi connectivity index (χ3v) is 4.15. The minimum atomic E-state index is -0.360. The van der Waals surface area contributed by atoms with Crippen LogP contribution in [-0.4, -0.2) is 43.9 Å². The molecule has 1 aliphatic heterocycles. The van der Waals surface area contributed by atoms with Crippen molar-refractivity contribution in [2.45, 2.75) is 19.3 Å². The quantitative estimate of drug-likeness (QED) is 0.433. The van der Waals surface area contributed by atoms with Crippen molar-refractivity contribution in [3.63, 3.8) is 0 Å². The summed E-state index contributed by atoms with van der Waals surface area (Å²) in [5.41, 5.74) is 1.68. The molecule has 0 bridgehead atoms. The molecule has 1 aliphatic rings. The van der Waals surface area contributed by atoms with E-state index >= 15 is 0 Å². The third-order valence-electron chi connectivity index (χ3n) is 3.66. The van der Waals surface area contributed by atoms with Crippen LogP contribution >= 0.6 is 15.9 Å². The van der Waals surface area contributed by atoms with E-state index in [0.29, 0.717) is 16.7 Å². The van der Waals surface area contributed by atoms with Gasteiger partial charge in [0.25, 0.3) is 11.8 Å². The molecular formula is C17H22BrN3O2. The molecule has 0 spiro atoms. The summed E-state index contributed by atoms with van der Waals surface area (Å²) in [6.45, 7) is 1.90. The maximum absolute atomic E-state index is 12.1. The number of nitrogens with one attached hydrogen (secondary N) is 2. The second kappa shape index (κ2) is 8.26. The highest BCUT2D eigenvalue weighted by Gasteiger charge is 2.27. The van der Waals surface area contributed by atoms with E-state index in [-0.39, 0.29) is 11.8 Å². The van der Waals surface area contributed by atoms with Crippen LogP contribution in [0.15, 0.2) is 28.9 Å². The predicted octanol–water partition coefficient (Wildman–Crippen LogP) is 2.38. The molecule has 2 amide bonds. The Bertz CT molecular complexity index is 626. The van der Waals surface area contributed by atoms with Gasteiger partial charge in [-0.2, -0.15) is 0 Å². The van der Waals surface area contributed by atoms with Crippen LogP contribution in [0.2, 0.25) is 0 Å². The van der Waals surface area contributed by atoms with Gasteiger partial charge >= 0.3 is 0 Å². The van der Waals surface area contributed by atoms with E-state index in [1.807, 2.05) is 0 Å². The van der Waals surface area contributed by atoms with E-state index < -0.39 is 0 Å². The van der Waals surface area contributed by atoms with Gasteiger partial charge in [0.05, 0.1) is 5.57 Å². The lowest BCUT2D eigenvalue weighted by molar-refractivity contribution is -0.114. The van der Waals surface area contributed by atoms with Gasteiger partial charge in [0.1, 0.15) is 0 Å². The Kier molecular flexibility index (Phi) is 6.36. The number of imide groups is 1. The van der Waals surface area contributed by atoms with Crippen molar-refractivity contribution in [1.82, 2.24) is 15.5 Å². The summed E-state index contributed by atoms with van der Waals surface area (Å²) in [6.07, 6.45) is 5.06. The van der Waals surface area contributed by atoms with Crippen molar-refractivity contribution < 1.29 is 9.59 Å². The summed E-state index contributed by atoms with van der Waals surface area (Å²) in [7, 11) is 4.14. The Morgan fingerprint density at radius 1 is 1.13 bits per heavy atom. The van der Waals surface area contributed by atoms with Crippen molar-refractivity contribution in [3.05, 3.63) is 40.0 Å². The van der Waals surface area contributed by atoms with Gasteiger partial charge in [-0.25, -0.2) is 0 Å². The molecule has 0 unspecified atom stereocenters. The standard InChI is InChI=1S/C17H22BrN3O2/c1-21(2)9-5-3-4-8-19-11-15-14-10-12(18)6-7-13(14)16(22)20-17(15)23/h6-7,10-11,19H,3-5,8-9H2,1-2H3,(H,20,22,23). The number of nitrogens with zero attached hydrogens (tertiary/aromatic N) is 1. The number of unbranched alkanes of at least 4 members (excludes halogenated alkanes) is 2. The molecule has 0 saturated heterocycles. The van der Waals surface area contributed by atoms with E-state index in [1.165, 1.54) is 0 Å². The largest absolute Gasteiger partial charge is 0.390 e. The molecule has 2 N–H and O–H groups in total. The van der Waals surface area contributed by atoms with E-state index in [2.05, 4.69) is 45.6 Å². The Morgan fingerprint density at radius 2 is 1.91 bits per heavy atom. The van der Waals surface area contributed by atoms with Gasteiger partial charge in [0.15, 0.2) is 0 Å². The molecule has 0 radical (unpaired) electrons. The lowest BCUT2D eigenvalue weighted by atomic mass is 9.95. The van der Waals surface area contributed by atoms with Gasteiger partial charge in [-0.1, -0.05) is 22.4 Å². The zero-order valence-corrected chi connectivity index (χ0v) is 15.1. The zero-order valence-electron chi connectivity index (χ0n) is 13.5. The third kappa shape index (κ3) is 4.91. The summed E-state index contributed by atoms with van der Waals surface area (Å²) in [5, 5.41) is 5.56. The first-order valence-corrected chi connectivity index (χ1v) is 8.52. The molecule has 6 heteroatoms. The normalized spacial score (nSPS) is 15.7. The zero-order chi connectivity index (χ0) is 16.8. The van der Waals surface area contributed by atoms with Crippen LogP contribution in [0.1, 0.15) is 35.2 Å². The molecule has 0 saturated carbocycles.